The van der Waals surface area contributed by atoms with Gasteiger partial charge in [-0.15, -0.1) is 0 Å². The van der Waals surface area contributed by atoms with E-state index in [4.69, 9.17) is 0 Å². The number of hydrogen-bond acceptors (Lipinski definition) is 3. The Balaban J connectivity index is 2.22. The van der Waals surface area contributed by atoms with Crippen molar-refractivity contribution in [2.24, 2.45) is 7.05 Å². The number of hydrogen-bond donors (Lipinski definition) is 1. The largest absolute Gasteiger partial charge is 0.309 e. The Kier molecular flexibility index (Phi) is 4.20. The highest BCUT2D eigenvalue weighted by molar-refractivity contribution is 5.94. The lowest BCUT2D eigenvalue weighted by Gasteiger charge is -2.23. The Labute approximate surface area is 119 Å². The molecule has 1 amide bonds. The van der Waals surface area contributed by atoms with E-state index in [1.165, 1.54) is 0 Å². The van der Waals surface area contributed by atoms with Gasteiger partial charge in [-0.2, -0.15) is 5.10 Å². The highest BCUT2D eigenvalue weighted by Gasteiger charge is 2.23. The second-order valence-electron chi connectivity index (χ2n) is 5.06. The lowest BCUT2D eigenvalue weighted by atomic mass is 10.1. The molecule has 1 atom stereocenters. The number of nitrogens with zero attached hydrogens (tertiary/aromatic N) is 3. The summed E-state index contributed by atoms with van der Waals surface area (Å²) in [5.74, 6) is 0.638. The average molecular weight is 272 g/mol. The van der Waals surface area contributed by atoms with Gasteiger partial charge in [0.1, 0.15) is 11.9 Å². The monoisotopic (exact) mass is 272 g/mol. The Morgan fingerprint density at radius 1 is 1.30 bits per heavy atom. The molecule has 1 aromatic heterocycles. The minimum atomic E-state index is -0.327. The van der Waals surface area contributed by atoms with Crippen molar-refractivity contribution >= 4 is 11.7 Å². The summed E-state index contributed by atoms with van der Waals surface area (Å²) in [6.07, 6.45) is 0. The first-order valence-corrected chi connectivity index (χ1v) is 6.52. The van der Waals surface area contributed by atoms with Gasteiger partial charge in [0, 0.05) is 13.1 Å². The van der Waals surface area contributed by atoms with Gasteiger partial charge in [-0.3, -0.25) is 14.4 Å². The van der Waals surface area contributed by atoms with Crippen LogP contribution in [0.4, 0.5) is 5.82 Å². The number of amides is 1. The van der Waals surface area contributed by atoms with E-state index in [9.17, 15) is 4.79 Å². The van der Waals surface area contributed by atoms with Gasteiger partial charge in [0.15, 0.2) is 0 Å². The van der Waals surface area contributed by atoms with Gasteiger partial charge in [-0.05, 0) is 26.6 Å². The van der Waals surface area contributed by atoms with E-state index in [2.05, 4.69) is 10.4 Å². The predicted octanol–water partition coefficient (Wildman–Crippen LogP) is 1.97. The van der Waals surface area contributed by atoms with Gasteiger partial charge in [0.05, 0.1) is 5.69 Å². The summed E-state index contributed by atoms with van der Waals surface area (Å²) in [6, 6.07) is 11.3. The number of rotatable bonds is 4. The first-order valence-electron chi connectivity index (χ1n) is 6.52. The van der Waals surface area contributed by atoms with E-state index in [0.29, 0.717) is 5.82 Å². The van der Waals surface area contributed by atoms with Gasteiger partial charge in [-0.25, -0.2) is 0 Å². The second kappa shape index (κ2) is 5.88. The van der Waals surface area contributed by atoms with E-state index < -0.39 is 0 Å². The molecular weight excluding hydrogens is 252 g/mol. The molecule has 1 heterocycles. The van der Waals surface area contributed by atoms with Crippen LogP contribution < -0.4 is 5.32 Å². The van der Waals surface area contributed by atoms with Crippen molar-refractivity contribution in [1.82, 2.24) is 14.7 Å². The Hall–Kier alpha value is -2.14. The molecule has 1 aromatic carbocycles. The predicted molar refractivity (Wildman–Crippen MR) is 79.4 cm³/mol. The fourth-order valence-corrected chi connectivity index (χ4v) is 2.24. The minimum absolute atomic E-state index is 0.0656. The van der Waals surface area contributed by atoms with Crippen molar-refractivity contribution in [2.45, 2.75) is 13.0 Å². The molecule has 0 aliphatic rings. The van der Waals surface area contributed by atoms with E-state index in [1.807, 2.05) is 69.4 Å². The Morgan fingerprint density at radius 3 is 2.45 bits per heavy atom. The molecule has 5 nitrogen and oxygen atoms in total. The van der Waals surface area contributed by atoms with Crippen LogP contribution in [-0.4, -0.2) is 34.7 Å². The maximum atomic E-state index is 12.5. The number of aromatic nitrogens is 2. The molecule has 0 unspecified atom stereocenters. The zero-order chi connectivity index (χ0) is 14.7. The van der Waals surface area contributed by atoms with E-state index in [0.717, 1.165) is 11.3 Å². The third-order valence-corrected chi connectivity index (χ3v) is 3.13. The smallest absolute Gasteiger partial charge is 0.247 e. The summed E-state index contributed by atoms with van der Waals surface area (Å²) in [4.78, 5) is 14.4. The number of benzene rings is 1. The number of likely N-dealkylation sites (N-methyl/N-ethyl adjacent to an activating group) is 1. The van der Waals surface area contributed by atoms with Crippen molar-refractivity contribution in [2.75, 3.05) is 19.4 Å². The number of carbonyl (C=O) groups is 1. The zero-order valence-electron chi connectivity index (χ0n) is 12.3. The molecule has 20 heavy (non-hydrogen) atoms. The third kappa shape index (κ3) is 3.05. The summed E-state index contributed by atoms with van der Waals surface area (Å²) in [5, 5.41) is 7.16. The first-order chi connectivity index (χ1) is 9.49. The molecule has 0 spiro atoms. The number of anilines is 1. The number of aryl methyl sites for hydroxylation is 2. The molecule has 0 bridgehead atoms. The van der Waals surface area contributed by atoms with Crippen molar-refractivity contribution in [3.05, 3.63) is 47.7 Å². The van der Waals surface area contributed by atoms with Crippen LogP contribution in [0.1, 0.15) is 17.3 Å². The minimum Gasteiger partial charge on any atom is -0.309 e. The summed E-state index contributed by atoms with van der Waals surface area (Å²) in [5.41, 5.74) is 1.85. The van der Waals surface area contributed by atoms with Gasteiger partial charge in [0.2, 0.25) is 5.91 Å². The molecule has 0 saturated heterocycles. The van der Waals surface area contributed by atoms with Crippen molar-refractivity contribution in [3.8, 4) is 0 Å². The summed E-state index contributed by atoms with van der Waals surface area (Å²) in [7, 11) is 5.60. The molecule has 0 radical (unpaired) electrons. The van der Waals surface area contributed by atoms with E-state index in [-0.39, 0.29) is 11.9 Å². The van der Waals surface area contributed by atoms with E-state index >= 15 is 0 Å². The molecular formula is C15H20N4O. The van der Waals surface area contributed by atoms with Crippen LogP contribution in [0.3, 0.4) is 0 Å². The standard InChI is InChI=1S/C15H20N4O/c1-11-10-13(19(4)17-11)16-15(20)14(18(2)3)12-8-6-5-7-9-12/h5-10,14H,1-4H3,(H,16,20)/t14-/m0/s1. The number of nitrogens with one attached hydrogen (secondary N) is 1. The summed E-state index contributed by atoms with van der Waals surface area (Å²) < 4.78 is 1.67. The molecule has 2 rings (SSSR count). The van der Waals surface area contributed by atoms with Crippen LogP contribution in [0, 0.1) is 6.92 Å². The summed E-state index contributed by atoms with van der Waals surface area (Å²) >= 11 is 0. The molecule has 0 aliphatic carbocycles. The maximum absolute atomic E-state index is 12.5. The highest BCUT2D eigenvalue weighted by atomic mass is 16.2. The molecule has 5 heteroatoms. The lowest BCUT2D eigenvalue weighted by molar-refractivity contribution is -0.120. The van der Waals surface area contributed by atoms with Crippen LogP contribution in [-0.2, 0) is 11.8 Å². The molecule has 2 aromatic rings. The summed E-state index contributed by atoms with van der Waals surface area (Å²) in [6.45, 7) is 1.90. The van der Waals surface area contributed by atoms with Gasteiger partial charge in [-0.1, -0.05) is 30.3 Å². The fraction of sp³-hybridized carbons (Fsp3) is 0.333. The van der Waals surface area contributed by atoms with Crippen molar-refractivity contribution < 1.29 is 4.79 Å². The molecule has 0 fully saturated rings. The van der Waals surface area contributed by atoms with Crippen molar-refractivity contribution in [1.29, 1.82) is 0 Å². The normalized spacial score (nSPS) is 12.4. The SMILES string of the molecule is Cc1cc(NC(=O)[C@H](c2ccccc2)N(C)C)n(C)n1. The first kappa shape index (κ1) is 14.3. The molecule has 1 N–H and O–H groups in total. The quantitative estimate of drug-likeness (QED) is 0.925. The van der Waals surface area contributed by atoms with Crippen LogP contribution in [0.2, 0.25) is 0 Å². The molecule has 0 saturated carbocycles. The molecule has 0 aliphatic heterocycles. The maximum Gasteiger partial charge on any atom is 0.247 e. The fourth-order valence-electron chi connectivity index (χ4n) is 2.24. The average Bonchev–Trinajstić information content (AvgIpc) is 2.68. The zero-order valence-corrected chi connectivity index (χ0v) is 12.3. The lowest BCUT2D eigenvalue weighted by Crippen LogP contribution is -2.32. The Morgan fingerprint density at radius 2 is 1.95 bits per heavy atom. The highest BCUT2D eigenvalue weighted by Crippen LogP contribution is 2.20. The Bertz CT molecular complexity index is 589. The topological polar surface area (TPSA) is 50.2 Å². The van der Waals surface area contributed by atoms with Crippen LogP contribution in [0.5, 0.6) is 0 Å². The van der Waals surface area contributed by atoms with Crippen molar-refractivity contribution in [3.63, 3.8) is 0 Å². The number of carbonyl (C=O) groups excluding carboxylic acids is 1. The van der Waals surface area contributed by atoms with Gasteiger partial charge < -0.3 is 5.32 Å². The van der Waals surface area contributed by atoms with Gasteiger partial charge >= 0.3 is 0 Å². The van der Waals surface area contributed by atoms with Crippen LogP contribution >= 0.6 is 0 Å². The second-order valence-corrected chi connectivity index (χ2v) is 5.06. The van der Waals surface area contributed by atoms with Gasteiger partial charge in [0.25, 0.3) is 0 Å². The van der Waals surface area contributed by atoms with Crippen LogP contribution in [0.15, 0.2) is 36.4 Å². The third-order valence-electron chi connectivity index (χ3n) is 3.13. The van der Waals surface area contributed by atoms with Crippen LogP contribution in [0.25, 0.3) is 0 Å². The molecule has 106 valence electrons. The van der Waals surface area contributed by atoms with E-state index in [1.54, 1.807) is 4.68 Å².